The van der Waals surface area contributed by atoms with E-state index < -0.39 is 11.8 Å². The van der Waals surface area contributed by atoms with Crippen molar-refractivity contribution in [2.45, 2.75) is 47.6 Å². The van der Waals surface area contributed by atoms with Crippen LogP contribution in [0.25, 0.3) is 0 Å². The third-order valence-corrected chi connectivity index (χ3v) is 6.24. The Balaban J connectivity index is 1.52. The SMILES string of the molecule is CC(C)=CCNC(=O)Nc1ccc(C(=O)N2CCN(Cc3cccc(C(=O)CC(C)(C)C)c3)CC2)cc1F. The Morgan fingerprint density at radius 1 is 0.974 bits per heavy atom. The molecule has 0 bridgehead atoms. The molecule has 0 aliphatic carbocycles. The molecule has 0 saturated carbocycles. The fraction of sp³-hybridized carbons (Fsp3) is 0.433. The number of rotatable bonds is 8. The minimum absolute atomic E-state index is 0.0179. The van der Waals surface area contributed by atoms with Crippen LogP contribution >= 0.6 is 0 Å². The number of urea groups is 1. The molecule has 0 spiro atoms. The van der Waals surface area contributed by atoms with Crippen molar-refractivity contribution in [1.82, 2.24) is 15.1 Å². The highest BCUT2D eigenvalue weighted by molar-refractivity contribution is 5.97. The molecule has 1 fully saturated rings. The Hall–Kier alpha value is -3.52. The second kappa shape index (κ2) is 12.8. The van der Waals surface area contributed by atoms with E-state index in [2.05, 4.69) is 36.3 Å². The molecule has 8 heteroatoms. The number of allylic oxidation sites excluding steroid dienone is 1. The molecule has 3 rings (SSSR count). The highest BCUT2D eigenvalue weighted by atomic mass is 19.1. The summed E-state index contributed by atoms with van der Waals surface area (Å²) in [5.74, 6) is -0.752. The van der Waals surface area contributed by atoms with Crippen molar-refractivity contribution in [3.63, 3.8) is 0 Å². The largest absolute Gasteiger partial charge is 0.336 e. The van der Waals surface area contributed by atoms with Crippen LogP contribution in [-0.2, 0) is 6.54 Å². The number of nitrogens with zero attached hydrogens (tertiary/aromatic N) is 2. The van der Waals surface area contributed by atoms with E-state index in [0.29, 0.717) is 45.7 Å². The van der Waals surface area contributed by atoms with E-state index in [1.807, 2.05) is 44.2 Å². The molecule has 0 unspecified atom stereocenters. The number of piperazine rings is 1. The van der Waals surface area contributed by atoms with Gasteiger partial charge in [0.1, 0.15) is 5.82 Å². The lowest BCUT2D eigenvalue weighted by Crippen LogP contribution is -2.48. The van der Waals surface area contributed by atoms with Crippen LogP contribution in [0, 0.1) is 11.2 Å². The number of amides is 3. The van der Waals surface area contributed by atoms with Crippen molar-refractivity contribution in [1.29, 1.82) is 0 Å². The zero-order valence-electron chi connectivity index (χ0n) is 23.1. The molecule has 3 amide bonds. The summed E-state index contributed by atoms with van der Waals surface area (Å²) in [6, 6.07) is 11.4. The molecule has 1 saturated heterocycles. The first-order valence-electron chi connectivity index (χ1n) is 13.0. The summed E-state index contributed by atoms with van der Waals surface area (Å²) in [4.78, 5) is 41.5. The number of benzene rings is 2. The number of carbonyl (C=O) groups excluding carboxylic acids is 3. The average Bonchev–Trinajstić information content (AvgIpc) is 2.84. The second-order valence-corrected chi connectivity index (χ2v) is 11.2. The Morgan fingerprint density at radius 3 is 2.32 bits per heavy atom. The molecule has 0 radical (unpaired) electrons. The van der Waals surface area contributed by atoms with Crippen molar-refractivity contribution in [2.24, 2.45) is 5.41 Å². The van der Waals surface area contributed by atoms with Gasteiger partial charge < -0.3 is 15.5 Å². The average molecular weight is 523 g/mol. The number of nitrogens with one attached hydrogen (secondary N) is 2. The van der Waals surface area contributed by atoms with E-state index >= 15 is 0 Å². The number of carbonyl (C=O) groups is 3. The Kier molecular flexibility index (Phi) is 9.80. The van der Waals surface area contributed by atoms with Crippen LogP contribution < -0.4 is 10.6 Å². The van der Waals surface area contributed by atoms with Gasteiger partial charge in [0.05, 0.1) is 5.69 Å². The molecule has 7 nitrogen and oxygen atoms in total. The molecule has 1 aliphatic heterocycles. The van der Waals surface area contributed by atoms with Gasteiger partial charge >= 0.3 is 6.03 Å². The van der Waals surface area contributed by atoms with Crippen LogP contribution in [0.1, 0.15) is 67.3 Å². The van der Waals surface area contributed by atoms with E-state index in [0.717, 1.165) is 16.7 Å². The molecule has 2 N–H and O–H groups in total. The van der Waals surface area contributed by atoms with Gasteiger partial charge in [-0.05, 0) is 49.1 Å². The van der Waals surface area contributed by atoms with Gasteiger partial charge in [-0.15, -0.1) is 0 Å². The molecule has 2 aromatic carbocycles. The van der Waals surface area contributed by atoms with Crippen LogP contribution in [-0.4, -0.2) is 60.2 Å². The van der Waals surface area contributed by atoms with Gasteiger partial charge in [-0.1, -0.05) is 50.6 Å². The van der Waals surface area contributed by atoms with Gasteiger partial charge in [0, 0.05) is 56.8 Å². The third kappa shape index (κ3) is 8.80. The van der Waals surface area contributed by atoms with Gasteiger partial charge in [-0.25, -0.2) is 9.18 Å². The first kappa shape index (κ1) is 29.0. The summed E-state index contributed by atoms with van der Waals surface area (Å²) in [5.41, 5.74) is 3.07. The summed E-state index contributed by atoms with van der Waals surface area (Å²) >= 11 is 0. The van der Waals surface area contributed by atoms with Gasteiger partial charge in [-0.3, -0.25) is 14.5 Å². The third-order valence-electron chi connectivity index (χ3n) is 6.24. The van der Waals surface area contributed by atoms with Crippen molar-refractivity contribution in [3.05, 3.63) is 76.6 Å². The molecule has 1 heterocycles. The zero-order chi connectivity index (χ0) is 27.9. The topological polar surface area (TPSA) is 81.8 Å². The quantitative estimate of drug-likeness (QED) is 0.355. The Bertz CT molecular complexity index is 1190. The maximum absolute atomic E-state index is 14.6. The van der Waals surface area contributed by atoms with Gasteiger partial charge in [0.25, 0.3) is 5.91 Å². The van der Waals surface area contributed by atoms with Crippen molar-refractivity contribution < 1.29 is 18.8 Å². The molecule has 0 aromatic heterocycles. The summed E-state index contributed by atoms with van der Waals surface area (Å²) in [6.45, 7) is 13.5. The fourth-order valence-corrected chi connectivity index (χ4v) is 4.24. The van der Waals surface area contributed by atoms with Crippen molar-refractivity contribution >= 4 is 23.4 Å². The minimum Gasteiger partial charge on any atom is -0.336 e. The number of hydrogen-bond donors (Lipinski definition) is 2. The highest BCUT2D eigenvalue weighted by Gasteiger charge is 2.24. The predicted octanol–water partition coefficient (Wildman–Crippen LogP) is 5.49. The fourth-order valence-electron chi connectivity index (χ4n) is 4.24. The molecule has 1 aliphatic rings. The maximum Gasteiger partial charge on any atom is 0.319 e. The maximum atomic E-state index is 14.6. The van der Waals surface area contributed by atoms with E-state index in [1.54, 1.807) is 4.90 Å². The Morgan fingerprint density at radius 2 is 1.68 bits per heavy atom. The van der Waals surface area contributed by atoms with E-state index in [-0.39, 0.29) is 28.4 Å². The van der Waals surface area contributed by atoms with Crippen molar-refractivity contribution in [2.75, 3.05) is 38.0 Å². The van der Waals surface area contributed by atoms with Gasteiger partial charge in [-0.2, -0.15) is 0 Å². The molecular weight excluding hydrogens is 483 g/mol. The minimum atomic E-state index is -0.660. The summed E-state index contributed by atoms with van der Waals surface area (Å²) in [7, 11) is 0. The van der Waals surface area contributed by atoms with E-state index in [4.69, 9.17) is 0 Å². The first-order valence-corrected chi connectivity index (χ1v) is 13.0. The predicted molar refractivity (Wildman–Crippen MR) is 149 cm³/mol. The summed E-state index contributed by atoms with van der Waals surface area (Å²) < 4.78 is 14.6. The summed E-state index contributed by atoms with van der Waals surface area (Å²) in [6.07, 6.45) is 2.35. The van der Waals surface area contributed by atoms with E-state index in [9.17, 15) is 18.8 Å². The second-order valence-electron chi connectivity index (χ2n) is 11.2. The lowest BCUT2D eigenvalue weighted by Gasteiger charge is -2.35. The molecule has 0 atom stereocenters. The van der Waals surface area contributed by atoms with E-state index in [1.165, 1.54) is 18.2 Å². The number of Topliss-reactive ketones (excluding diaryl/α,β-unsaturated/α-hetero) is 1. The van der Waals surface area contributed by atoms with Crippen LogP contribution in [0.4, 0.5) is 14.9 Å². The standard InChI is InChI=1S/C30H39FN4O3/c1-21(2)11-12-32-29(38)33-26-10-9-24(18-25(26)31)28(37)35-15-13-34(14-16-35)20-22-7-6-8-23(17-22)27(36)19-30(3,4)5/h6-11,17-18H,12-16,19-20H2,1-5H3,(H2,32,33,38). The molecule has 38 heavy (non-hydrogen) atoms. The van der Waals surface area contributed by atoms with Crippen LogP contribution in [0.3, 0.4) is 0 Å². The number of ketones is 1. The van der Waals surface area contributed by atoms with Crippen LogP contribution in [0.15, 0.2) is 54.1 Å². The number of anilines is 1. The monoisotopic (exact) mass is 522 g/mol. The highest BCUT2D eigenvalue weighted by Crippen LogP contribution is 2.23. The molecule has 2 aromatic rings. The summed E-state index contributed by atoms with van der Waals surface area (Å²) in [5, 5.41) is 5.10. The zero-order valence-corrected chi connectivity index (χ0v) is 23.1. The van der Waals surface area contributed by atoms with Crippen molar-refractivity contribution in [3.8, 4) is 0 Å². The first-order chi connectivity index (χ1) is 17.9. The van der Waals surface area contributed by atoms with Gasteiger partial charge in [0.2, 0.25) is 0 Å². The van der Waals surface area contributed by atoms with Gasteiger partial charge in [0.15, 0.2) is 5.78 Å². The van der Waals surface area contributed by atoms with Crippen LogP contribution in [0.5, 0.6) is 0 Å². The molecular formula is C30H39FN4O3. The number of hydrogen-bond acceptors (Lipinski definition) is 4. The number of halogens is 1. The van der Waals surface area contributed by atoms with Crippen LogP contribution in [0.2, 0.25) is 0 Å². The Labute approximate surface area is 225 Å². The lowest BCUT2D eigenvalue weighted by atomic mass is 9.87. The molecule has 204 valence electrons. The smallest absolute Gasteiger partial charge is 0.319 e. The lowest BCUT2D eigenvalue weighted by molar-refractivity contribution is 0.0627. The normalized spacial score (nSPS) is 14.1.